The van der Waals surface area contributed by atoms with Crippen LogP contribution >= 0.6 is 0 Å². The van der Waals surface area contributed by atoms with E-state index in [2.05, 4.69) is 30.8 Å². The first-order valence-corrected chi connectivity index (χ1v) is 10.0. The van der Waals surface area contributed by atoms with Crippen molar-refractivity contribution in [1.29, 1.82) is 0 Å². The highest BCUT2D eigenvalue weighted by Crippen LogP contribution is 2.46. The molecule has 8 heteroatoms. The van der Waals surface area contributed by atoms with Crippen molar-refractivity contribution in [3.05, 3.63) is 35.4 Å². The SMILES string of the molecule is COC(=O)c1ccc(COC(=O)CN2C(=O)N[C@@]3(C[C@@H](C)CC(C)(C)C3)C2=O)cc1. The number of amides is 3. The van der Waals surface area contributed by atoms with Crippen molar-refractivity contribution < 1.29 is 28.7 Å². The summed E-state index contributed by atoms with van der Waals surface area (Å²) in [5, 5.41) is 2.84. The predicted molar refractivity (Wildman–Crippen MR) is 107 cm³/mol. The number of methoxy groups -OCH3 is 1. The number of benzene rings is 1. The molecular weight excluding hydrogens is 388 g/mol. The number of nitrogens with one attached hydrogen (secondary N) is 1. The maximum absolute atomic E-state index is 13.1. The van der Waals surface area contributed by atoms with Crippen molar-refractivity contribution in [1.82, 2.24) is 10.2 Å². The Labute approximate surface area is 175 Å². The quantitative estimate of drug-likeness (QED) is 0.585. The molecule has 1 spiro atoms. The van der Waals surface area contributed by atoms with Gasteiger partial charge in [0.05, 0.1) is 12.7 Å². The topological polar surface area (TPSA) is 102 Å². The van der Waals surface area contributed by atoms with Crippen molar-refractivity contribution >= 4 is 23.9 Å². The van der Waals surface area contributed by atoms with Gasteiger partial charge in [-0.05, 0) is 48.3 Å². The van der Waals surface area contributed by atoms with E-state index in [0.29, 0.717) is 24.0 Å². The van der Waals surface area contributed by atoms with Crippen molar-refractivity contribution in [3.63, 3.8) is 0 Å². The van der Waals surface area contributed by atoms with Crippen LogP contribution in [-0.2, 0) is 25.7 Å². The molecule has 1 aliphatic carbocycles. The van der Waals surface area contributed by atoms with Crippen LogP contribution in [0.5, 0.6) is 0 Å². The van der Waals surface area contributed by atoms with E-state index in [9.17, 15) is 19.2 Å². The van der Waals surface area contributed by atoms with Crippen LogP contribution in [0.4, 0.5) is 4.79 Å². The summed E-state index contributed by atoms with van der Waals surface area (Å²) < 4.78 is 9.86. The Bertz CT molecular complexity index is 863. The average molecular weight is 416 g/mol. The van der Waals surface area contributed by atoms with Crippen LogP contribution in [0.2, 0.25) is 0 Å². The minimum absolute atomic E-state index is 0.0286. The summed E-state index contributed by atoms with van der Waals surface area (Å²) in [5.74, 6) is -1.19. The third-order valence-electron chi connectivity index (χ3n) is 5.69. The van der Waals surface area contributed by atoms with Gasteiger partial charge in [-0.15, -0.1) is 0 Å². The number of esters is 2. The van der Waals surface area contributed by atoms with Gasteiger partial charge in [-0.1, -0.05) is 32.9 Å². The van der Waals surface area contributed by atoms with E-state index in [1.54, 1.807) is 24.3 Å². The summed E-state index contributed by atoms with van der Waals surface area (Å²) in [5.41, 5.74) is 0.0461. The Kier molecular flexibility index (Phi) is 5.87. The number of hydrogen-bond acceptors (Lipinski definition) is 6. The second kappa shape index (κ2) is 8.08. The Morgan fingerprint density at radius 3 is 2.43 bits per heavy atom. The standard InChI is InChI=1S/C22H28N2O6/c1-14-9-21(2,3)13-22(10-14)19(27)24(20(28)23-22)11-17(25)30-12-15-5-7-16(8-6-15)18(26)29-4/h5-8,14H,9-13H2,1-4H3,(H,23,28)/t14-,22+/m0/s1. The zero-order chi connectivity index (χ0) is 22.1. The van der Waals surface area contributed by atoms with Crippen LogP contribution in [0.3, 0.4) is 0 Å². The van der Waals surface area contributed by atoms with Gasteiger partial charge in [-0.3, -0.25) is 14.5 Å². The molecule has 2 aliphatic rings. The summed E-state index contributed by atoms with van der Waals surface area (Å²) in [4.78, 5) is 50.2. The first kappa shape index (κ1) is 21.8. The van der Waals surface area contributed by atoms with E-state index >= 15 is 0 Å². The summed E-state index contributed by atoms with van der Waals surface area (Å²) in [6.07, 6.45) is 2.10. The van der Waals surface area contributed by atoms with Gasteiger partial charge < -0.3 is 14.8 Å². The third kappa shape index (κ3) is 4.47. The monoisotopic (exact) mass is 416 g/mol. The Balaban J connectivity index is 1.59. The highest BCUT2D eigenvalue weighted by atomic mass is 16.5. The van der Waals surface area contributed by atoms with Gasteiger partial charge in [-0.25, -0.2) is 9.59 Å². The smallest absolute Gasteiger partial charge is 0.337 e. The first-order valence-electron chi connectivity index (χ1n) is 10.0. The molecule has 1 saturated carbocycles. The first-order chi connectivity index (χ1) is 14.0. The van der Waals surface area contributed by atoms with Crippen LogP contribution < -0.4 is 5.32 Å². The van der Waals surface area contributed by atoms with E-state index in [-0.39, 0.29) is 23.8 Å². The third-order valence-corrected chi connectivity index (χ3v) is 5.69. The van der Waals surface area contributed by atoms with Gasteiger partial charge >= 0.3 is 18.0 Å². The number of imide groups is 1. The molecule has 1 heterocycles. The molecule has 2 atom stereocenters. The zero-order valence-electron chi connectivity index (χ0n) is 17.8. The van der Waals surface area contributed by atoms with Gasteiger partial charge in [0.25, 0.3) is 5.91 Å². The largest absolute Gasteiger partial charge is 0.465 e. The molecule has 8 nitrogen and oxygen atoms in total. The lowest BCUT2D eigenvalue weighted by molar-refractivity contribution is -0.149. The number of urea groups is 1. The molecule has 2 fully saturated rings. The summed E-state index contributed by atoms with van der Waals surface area (Å²) in [6, 6.07) is 5.88. The highest BCUT2D eigenvalue weighted by Gasteiger charge is 2.56. The van der Waals surface area contributed by atoms with Gasteiger partial charge in [0.15, 0.2) is 0 Å². The zero-order valence-corrected chi connectivity index (χ0v) is 17.8. The molecule has 3 amide bonds. The van der Waals surface area contributed by atoms with Crippen LogP contribution in [0.25, 0.3) is 0 Å². The normalized spacial score (nSPS) is 25.2. The van der Waals surface area contributed by atoms with Crippen molar-refractivity contribution in [3.8, 4) is 0 Å². The minimum atomic E-state index is -0.942. The molecule has 0 aromatic heterocycles. The lowest BCUT2D eigenvalue weighted by Gasteiger charge is -2.43. The molecule has 1 aromatic rings. The van der Waals surface area contributed by atoms with E-state index < -0.39 is 30.1 Å². The fourth-order valence-electron chi connectivity index (χ4n) is 4.84. The Morgan fingerprint density at radius 1 is 1.17 bits per heavy atom. The summed E-state index contributed by atoms with van der Waals surface area (Å²) in [7, 11) is 1.30. The lowest BCUT2D eigenvalue weighted by Crippen LogP contribution is -2.54. The number of ether oxygens (including phenoxy) is 2. The van der Waals surface area contributed by atoms with Crippen LogP contribution in [-0.4, -0.2) is 48.0 Å². The number of carbonyl (C=O) groups is 4. The van der Waals surface area contributed by atoms with Crippen molar-refractivity contribution in [2.45, 2.75) is 52.2 Å². The number of nitrogens with zero attached hydrogens (tertiary/aromatic N) is 1. The molecule has 0 unspecified atom stereocenters. The maximum atomic E-state index is 13.1. The number of carbonyl (C=O) groups excluding carboxylic acids is 4. The summed E-state index contributed by atoms with van der Waals surface area (Å²) >= 11 is 0. The van der Waals surface area contributed by atoms with Gasteiger partial charge in [0.1, 0.15) is 18.7 Å². The molecular formula is C22H28N2O6. The lowest BCUT2D eigenvalue weighted by atomic mass is 9.64. The van der Waals surface area contributed by atoms with Crippen LogP contribution in [0.15, 0.2) is 24.3 Å². The van der Waals surface area contributed by atoms with E-state index in [1.807, 2.05) is 0 Å². The molecule has 1 N–H and O–H groups in total. The van der Waals surface area contributed by atoms with Crippen molar-refractivity contribution in [2.24, 2.45) is 11.3 Å². The highest BCUT2D eigenvalue weighted by molar-refractivity contribution is 6.08. The fourth-order valence-corrected chi connectivity index (χ4v) is 4.84. The van der Waals surface area contributed by atoms with Crippen LogP contribution in [0.1, 0.15) is 56.0 Å². The van der Waals surface area contributed by atoms with E-state index in [4.69, 9.17) is 4.74 Å². The molecule has 162 valence electrons. The molecule has 1 aromatic carbocycles. The maximum Gasteiger partial charge on any atom is 0.337 e. The predicted octanol–water partition coefficient (Wildman–Crippen LogP) is 2.65. The van der Waals surface area contributed by atoms with Crippen LogP contribution in [0, 0.1) is 11.3 Å². The molecule has 1 aliphatic heterocycles. The minimum Gasteiger partial charge on any atom is -0.465 e. The molecule has 0 radical (unpaired) electrons. The average Bonchev–Trinajstić information content (AvgIpc) is 2.87. The number of hydrogen-bond donors (Lipinski definition) is 1. The van der Waals surface area contributed by atoms with E-state index in [1.165, 1.54) is 7.11 Å². The Hall–Kier alpha value is -2.90. The Morgan fingerprint density at radius 2 is 1.83 bits per heavy atom. The molecule has 3 rings (SSSR count). The molecule has 1 saturated heterocycles. The fraction of sp³-hybridized carbons (Fsp3) is 0.545. The second-order valence-electron chi connectivity index (χ2n) is 9.11. The molecule has 30 heavy (non-hydrogen) atoms. The van der Waals surface area contributed by atoms with Gasteiger partial charge in [0.2, 0.25) is 0 Å². The molecule has 0 bridgehead atoms. The number of rotatable bonds is 5. The summed E-state index contributed by atoms with van der Waals surface area (Å²) in [6.45, 7) is 5.80. The van der Waals surface area contributed by atoms with Gasteiger partial charge in [-0.2, -0.15) is 0 Å². The second-order valence-corrected chi connectivity index (χ2v) is 9.11. The van der Waals surface area contributed by atoms with Gasteiger partial charge in [0, 0.05) is 0 Å². The van der Waals surface area contributed by atoms with E-state index in [0.717, 1.165) is 11.3 Å². The van der Waals surface area contributed by atoms with Crippen molar-refractivity contribution in [2.75, 3.05) is 13.7 Å².